The number of hydrogen-bond donors (Lipinski definition) is 1. The summed E-state index contributed by atoms with van der Waals surface area (Å²) in [7, 11) is 1.54. The Balaban J connectivity index is 2.34. The van der Waals surface area contributed by atoms with E-state index in [1.165, 1.54) is 13.2 Å². The van der Waals surface area contributed by atoms with E-state index in [2.05, 4.69) is 0 Å². The molecule has 2 rings (SSSR count). The molecular formula is C11H12O3. The van der Waals surface area contributed by atoms with E-state index in [1.54, 1.807) is 12.1 Å². The number of carbonyl (C=O) groups is 1. The molecule has 0 amide bonds. The maximum Gasteiger partial charge on any atom is 0.169 e. The number of methoxy groups -OCH3 is 1. The molecule has 0 unspecified atom stereocenters. The smallest absolute Gasteiger partial charge is 0.169 e. The molecule has 3 nitrogen and oxygen atoms in total. The van der Waals surface area contributed by atoms with Gasteiger partial charge in [-0.25, -0.2) is 0 Å². The Morgan fingerprint density at radius 1 is 1.50 bits per heavy atom. The monoisotopic (exact) mass is 192 g/mol. The van der Waals surface area contributed by atoms with E-state index in [9.17, 15) is 9.90 Å². The van der Waals surface area contributed by atoms with Crippen molar-refractivity contribution in [3.05, 3.63) is 23.8 Å². The van der Waals surface area contributed by atoms with E-state index in [0.29, 0.717) is 11.3 Å². The number of Topliss-reactive ketones (excluding diaryl/α,β-unsaturated/α-hetero) is 1. The SMILES string of the molecule is COc1ccc(O)c(C(=O)C2CC2)c1. The van der Waals surface area contributed by atoms with Crippen LogP contribution in [0.4, 0.5) is 0 Å². The zero-order valence-corrected chi connectivity index (χ0v) is 7.99. The van der Waals surface area contributed by atoms with E-state index < -0.39 is 0 Å². The first-order valence-corrected chi connectivity index (χ1v) is 4.63. The van der Waals surface area contributed by atoms with Crippen molar-refractivity contribution in [2.75, 3.05) is 7.11 Å². The molecule has 74 valence electrons. The third kappa shape index (κ3) is 1.58. The van der Waals surface area contributed by atoms with Crippen LogP contribution in [0.2, 0.25) is 0 Å². The molecule has 0 aliphatic heterocycles. The number of rotatable bonds is 3. The van der Waals surface area contributed by atoms with Crippen LogP contribution in [0.15, 0.2) is 18.2 Å². The van der Waals surface area contributed by atoms with Crippen molar-refractivity contribution in [1.82, 2.24) is 0 Å². The van der Waals surface area contributed by atoms with E-state index in [4.69, 9.17) is 4.74 Å². The van der Waals surface area contributed by atoms with Crippen LogP contribution in [0.25, 0.3) is 0 Å². The molecule has 0 bridgehead atoms. The van der Waals surface area contributed by atoms with Gasteiger partial charge >= 0.3 is 0 Å². The van der Waals surface area contributed by atoms with Gasteiger partial charge in [-0.15, -0.1) is 0 Å². The Morgan fingerprint density at radius 2 is 2.21 bits per heavy atom. The van der Waals surface area contributed by atoms with E-state index in [0.717, 1.165) is 12.8 Å². The fourth-order valence-electron chi connectivity index (χ4n) is 1.40. The molecule has 1 fully saturated rings. The minimum absolute atomic E-state index is 0.0291. The lowest BCUT2D eigenvalue weighted by Gasteiger charge is -2.05. The van der Waals surface area contributed by atoms with Crippen LogP contribution in [0.3, 0.4) is 0 Å². The predicted molar refractivity (Wildman–Crippen MR) is 51.7 cm³/mol. The van der Waals surface area contributed by atoms with Crippen molar-refractivity contribution >= 4 is 5.78 Å². The molecule has 1 aliphatic rings. The molecule has 0 radical (unpaired) electrons. The molecule has 0 aromatic heterocycles. The summed E-state index contributed by atoms with van der Waals surface area (Å²) in [5, 5.41) is 9.50. The summed E-state index contributed by atoms with van der Waals surface area (Å²) in [5.41, 5.74) is 0.381. The van der Waals surface area contributed by atoms with Crippen molar-refractivity contribution in [2.24, 2.45) is 5.92 Å². The van der Waals surface area contributed by atoms with Crippen molar-refractivity contribution in [3.8, 4) is 11.5 Å². The Bertz CT molecular complexity index is 367. The molecule has 1 aliphatic carbocycles. The van der Waals surface area contributed by atoms with Gasteiger partial charge < -0.3 is 9.84 Å². The third-order valence-corrected chi connectivity index (χ3v) is 2.42. The summed E-state index contributed by atoms with van der Waals surface area (Å²) in [4.78, 5) is 11.7. The summed E-state index contributed by atoms with van der Waals surface area (Å²) in [5.74, 6) is 0.795. The van der Waals surface area contributed by atoms with Crippen LogP contribution in [-0.2, 0) is 0 Å². The Kier molecular flexibility index (Phi) is 2.15. The highest BCUT2D eigenvalue weighted by Gasteiger charge is 2.31. The topological polar surface area (TPSA) is 46.5 Å². The van der Waals surface area contributed by atoms with Crippen LogP contribution in [0.5, 0.6) is 11.5 Å². The van der Waals surface area contributed by atoms with Crippen LogP contribution in [0.1, 0.15) is 23.2 Å². The fourth-order valence-corrected chi connectivity index (χ4v) is 1.40. The molecule has 1 N–H and O–H groups in total. The number of aromatic hydroxyl groups is 1. The summed E-state index contributed by atoms with van der Waals surface area (Å²) in [6, 6.07) is 4.73. The molecule has 0 saturated heterocycles. The van der Waals surface area contributed by atoms with Gasteiger partial charge in [0.15, 0.2) is 5.78 Å². The maximum atomic E-state index is 11.7. The van der Waals surface area contributed by atoms with Gasteiger partial charge in [0, 0.05) is 5.92 Å². The van der Waals surface area contributed by atoms with Gasteiger partial charge in [-0.3, -0.25) is 4.79 Å². The quantitative estimate of drug-likeness (QED) is 0.745. The molecule has 1 aromatic rings. The molecule has 14 heavy (non-hydrogen) atoms. The predicted octanol–water partition coefficient (Wildman–Crippen LogP) is 1.99. The lowest BCUT2D eigenvalue weighted by molar-refractivity contribution is 0.0964. The molecule has 1 aromatic carbocycles. The molecule has 3 heteroatoms. The average Bonchev–Trinajstić information content (AvgIpc) is 3.01. The first-order chi connectivity index (χ1) is 6.72. The largest absolute Gasteiger partial charge is 0.507 e. The lowest BCUT2D eigenvalue weighted by Crippen LogP contribution is -2.01. The van der Waals surface area contributed by atoms with Crippen molar-refractivity contribution in [2.45, 2.75) is 12.8 Å². The molecule has 0 heterocycles. The van der Waals surface area contributed by atoms with Crippen LogP contribution < -0.4 is 4.74 Å². The maximum absolute atomic E-state index is 11.7. The molecule has 0 spiro atoms. The minimum atomic E-state index is 0.0291. The normalized spacial score (nSPS) is 15.2. The summed E-state index contributed by atoms with van der Waals surface area (Å²) in [6.45, 7) is 0. The van der Waals surface area contributed by atoms with Gasteiger partial charge in [0.05, 0.1) is 12.7 Å². The van der Waals surface area contributed by atoms with Crippen LogP contribution in [0, 0.1) is 5.92 Å². The second-order valence-electron chi connectivity index (χ2n) is 3.52. The van der Waals surface area contributed by atoms with Crippen molar-refractivity contribution < 1.29 is 14.6 Å². The number of phenolic OH excluding ortho intramolecular Hbond substituents is 1. The van der Waals surface area contributed by atoms with E-state index in [-0.39, 0.29) is 17.5 Å². The number of carbonyl (C=O) groups excluding carboxylic acids is 1. The number of phenols is 1. The summed E-state index contributed by atoms with van der Waals surface area (Å²) in [6.07, 6.45) is 1.88. The third-order valence-electron chi connectivity index (χ3n) is 2.42. The number of benzene rings is 1. The number of ether oxygens (including phenoxy) is 1. The highest BCUT2D eigenvalue weighted by atomic mass is 16.5. The zero-order valence-electron chi connectivity index (χ0n) is 7.99. The average molecular weight is 192 g/mol. The standard InChI is InChI=1S/C11H12O3/c1-14-8-4-5-10(12)9(6-8)11(13)7-2-3-7/h4-7,12H,2-3H2,1H3. The molecule has 0 atom stereocenters. The number of hydrogen-bond acceptors (Lipinski definition) is 3. The summed E-state index contributed by atoms with van der Waals surface area (Å²) >= 11 is 0. The highest BCUT2D eigenvalue weighted by molar-refractivity contribution is 6.01. The fraction of sp³-hybridized carbons (Fsp3) is 0.364. The van der Waals surface area contributed by atoms with Gasteiger partial charge in [-0.05, 0) is 31.0 Å². The van der Waals surface area contributed by atoms with Gasteiger partial charge in [0.1, 0.15) is 11.5 Å². The second-order valence-corrected chi connectivity index (χ2v) is 3.52. The summed E-state index contributed by atoms with van der Waals surface area (Å²) < 4.78 is 5.00. The zero-order chi connectivity index (χ0) is 10.1. The van der Waals surface area contributed by atoms with E-state index in [1.807, 2.05) is 0 Å². The van der Waals surface area contributed by atoms with E-state index >= 15 is 0 Å². The van der Waals surface area contributed by atoms with Crippen molar-refractivity contribution in [1.29, 1.82) is 0 Å². The Morgan fingerprint density at radius 3 is 2.79 bits per heavy atom. The van der Waals surface area contributed by atoms with Crippen LogP contribution >= 0.6 is 0 Å². The molecule has 1 saturated carbocycles. The van der Waals surface area contributed by atoms with Crippen LogP contribution in [-0.4, -0.2) is 18.0 Å². The Hall–Kier alpha value is -1.51. The Labute approximate surface area is 82.3 Å². The minimum Gasteiger partial charge on any atom is -0.507 e. The first kappa shape index (κ1) is 9.06. The lowest BCUT2D eigenvalue weighted by atomic mass is 10.1. The highest BCUT2D eigenvalue weighted by Crippen LogP contribution is 2.36. The number of ketones is 1. The van der Waals surface area contributed by atoms with Gasteiger partial charge in [0.2, 0.25) is 0 Å². The van der Waals surface area contributed by atoms with Crippen molar-refractivity contribution in [3.63, 3.8) is 0 Å². The molecular weight excluding hydrogens is 180 g/mol. The van der Waals surface area contributed by atoms with Gasteiger partial charge in [-0.2, -0.15) is 0 Å². The second kappa shape index (κ2) is 3.33. The van der Waals surface area contributed by atoms with Gasteiger partial charge in [0.25, 0.3) is 0 Å². The first-order valence-electron chi connectivity index (χ1n) is 4.63. The van der Waals surface area contributed by atoms with Gasteiger partial charge in [-0.1, -0.05) is 0 Å².